The minimum absolute atomic E-state index is 0.00969. The van der Waals surface area contributed by atoms with E-state index in [-0.39, 0.29) is 17.9 Å². The van der Waals surface area contributed by atoms with E-state index in [9.17, 15) is 14.7 Å². The van der Waals surface area contributed by atoms with Crippen LogP contribution in [0.2, 0.25) is 0 Å². The first-order chi connectivity index (χ1) is 11.1. The highest BCUT2D eigenvalue weighted by atomic mass is 16.4. The van der Waals surface area contributed by atoms with Gasteiger partial charge in [0, 0.05) is 18.8 Å². The molecule has 0 aromatic heterocycles. The van der Waals surface area contributed by atoms with E-state index in [2.05, 4.69) is 16.3 Å². The van der Waals surface area contributed by atoms with Crippen molar-refractivity contribution >= 4 is 17.6 Å². The number of benzene rings is 1. The molecule has 122 valence electrons. The van der Waals surface area contributed by atoms with Gasteiger partial charge < -0.3 is 10.4 Å². The normalized spacial score (nSPS) is 33.7. The number of fused-ring (bicyclic) bond motifs is 2. The Kier molecular flexibility index (Phi) is 3.41. The highest BCUT2D eigenvalue weighted by molar-refractivity contribution is 5.96. The fourth-order valence-corrected chi connectivity index (χ4v) is 4.76. The van der Waals surface area contributed by atoms with E-state index >= 15 is 0 Å². The van der Waals surface area contributed by atoms with Crippen molar-refractivity contribution in [3.8, 4) is 0 Å². The molecule has 3 aliphatic rings. The molecule has 23 heavy (non-hydrogen) atoms. The van der Waals surface area contributed by atoms with Crippen LogP contribution in [0.5, 0.6) is 0 Å². The number of rotatable bonds is 2. The zero-order valence-electron chi connectivity index (χ0n) is 13.1. The molecule has 2 N–H and O–H groups in total. The predicted octanol–water partition coefficient (Wildman–Crippen LogP) is 2.13. The lowest BCUT2D eigenvalue weighted by atomic mass is 9.81. The summed E-state index contributed by atoms with van der Waals surface area (Å²) < 4.78 is 0. The Morgan fingerprint density at radius 3 is 2.91 bits per heavy atom. The number of carboxylic acid groups (broad SMARTS) is 1. The first kappa shape index (κ1) is 14.7. The average molecular weight is 314 g/mol. The zero-order chi connectivity index (χ0) is 16.0. The van der Waals surface area contributed by atoms with E-state index in [1.54, 1.807) is 0 Å². The van der Waals surface area contributed by atoms with Gasteiger partial charge in [-0.15, -0.1) is 0 Å². The molecule has 1 saturated carbocycles. The maximum Gasteiger partial charge on any atom is 0.311 e. The minimum atomic E-state index is -0.681. The van der Waals surface area contributed by atoms with Gasteiger partial charge in [-0.1, -0.05) is 24.6 Å². The van der Waals surface area contributed by atoms with Crippen LogP contribution in [0.15, 0.2) is 24.3 Å². The molecule has 0 bridgehead atoms. The molecular weight excluding hydrogens is 292 g/mol. The lowest BCUT2D eigenvalue weighted by Gasteiger charge is -2.27. The maximum absolute atomic E-state index is 12.7. The fourth-order valence-electron chi connectivity index (χ4n) is 4.76. The molecule has 1 unspecified atom stereocenters. The number of para-hydroxylation sites is 1. The number of amides is 1. The van der Waals surface area contributed by atoms with Crippen molar-refractivity contribution in [1.82, 2.24) is 4.90 Å². The lowest BCUT2D eigenvalue weighted by Crippen LogP contribution is -2.44. The van der Waals surface area contributed by atoms with Crippen LogP contribution in [-0.2, 0) is 16.0 Å². The van der Waals surface area contributed by atoms with Crippen molar-refractivity contribution in [3.63, 3.8) is 0 Å². The summed E-state index contributed by atoms with van der Waals surface area (Å²) in [6, 6.07) is 7.69. The van der Waals surface area contributed by atoms with Gasteiger partial charge in [-0.2, -0.15) is 0 Å². The Balaban J connectivity index is 1.56. The number of aryl methyl sites for hydroxylation is 1. The Morgan fingerprint density at radius 2 is 2.13 bits per heavy atom. The minimum Gasteiger partial charge on any atom is -0.481 e. The van der Waals surface area contributed by atoms with Gasteiger partial charge in [0.1, 0.15) is 0 Å². The first-order valence-electron chi connectivity index (χ1n) is 8.46. The largest absolute Gasteiger partial charge is 0.481 e. The predicted molar refractivity (Wildman–Crippen MR) is 86.2 cm³/mol. The van der Waals surface area contributed by atoms with Gasteiger partial charge >= 0.3 is 5.97 Å². The number of carbonyl (C=O) groups is 2. The van der Waals surface area contributed by atoms with Crippen LogP contribution >= 0.6 is 0 Å². The Labute approximate surface area is 135 Å². The summed E-state index contributed by atoms with van der Waals surface area (Å²) in [4.78, 5) is 26.6. The molecule has 1 aliphatic carbocycles. The van der Waals surface area contributed by atoms with Gasteiger partial charge in [0.2, 0.25) is 5.91 Å². The summed E-state index contributed by atoms with van der Waals surface area (Å²) >= 11 is 0. The molecule has 4 rings (SSSR count). The van der Waals surface area contributed by atoms with Crippen LogP contribution in [-0.4, -0.2) is 41.0 Å². The van der Waals surface area contributed by atoms with Crippen molar-refractivity contribution < 1.29 is 14.7 Å². The number of hydrogen-bond acceptors (Lipinski definition) is 3. The number of anilines is 1. The van der Waals surface area contributed by atoms with Crippen molar-refractivity contribution in [2.75, 3.05) is 18.4 Å². The van der Waals surface area contributed by atoms with E-state index in [0.717, 1.165) is 49.9 Å². The molecule has 5 nitrogen and oxygen atoms in total. The number of hydrogen-bond donors (Lipinski definition) is 2. The first-order valence-corrected chi connectivity index (χ1v) is 8.46. The molecule has 2 heterocycles. The monoisotopic (exact) mass is 314 g/mol. The van der Waals surface area contributed by atoms with Crippen LogP contribution in [0.3, 0.4) is 0 Å². The van der Waals surface area contributed by atoms with Gasteiger partial charge in [-0.3, -0.25) is 14.5 Å². The second-order valence-electron chi connectivity index (χ2n) is 7.18. The molecule has 0 spiro atoms. The number of carboxylic acids is 1. The molecule has 1 aromatic carbocycles. The molecule has 2 aliphatic heterocycles. The summed E-state index contributed by atoms with van der Waals surface area (Å²) in [5.74, 6) is -0.478. The number of aliphatic carboxylic acids is 1. The highest BCUT2D eigenvalue weighted by Gasteiger charge is 2.56. The van der Waals surface area contributed by atoms with Crippen molar-refractivity contribution in [3.05, 3.63) is 29.8 Å². The van der Waals surface area contributed by atoms with E-state index in [0.29, 0.717) is 6.54 Å². The summed E-state index contributed by atoms with van der Waals surface area (Å²) in [5.41, 5.74) is 1.43. The maximum atomic E-state index is 12.7. The highest BCUT2D eigenvalue weighted by Crippen LogP contribution is 2.49. The van der Waals surface area contributed by atoms with Gasteiger partial charge in [0.05, 0.1) is 11.5 Å². The third-order valence-electron chi connectivity index (χ3n) is 6.03. The van der Waals surface area contributed by atoms with Gasteiger partial charge in [0.15, 0.2) is 0 Å². The number of nitrogens with one attached hydrogen (secondary N) is 1. The number of carbonyl (C=O) groups excluding carboxylic acids is 1. The van der Waals surface area contributed by atoms with Gasteiger partial charge in [-0.25, -0.2) is 0 Å². The van der Waals surface area contributed by atoms with Crippen LogP contribution < -0.4 is 5.32 Å². The zero-order valence-corrected chi connectivity index (χ0v) is 13.1. The van der Waals surface area contributed by atoms with Crippen molar-refractivity contribution in [2.45, 2.75) is 38.1 Å². The van der Waals surface area contributed by atoms with Crippen LogP contribution in [0.4, 0.5) is 5.69 Å². The van der Waals surface area contributed by atoms with Crippen molar-refractivity contribution in [2.24, 2.45) is 11.3 Å². The van der Waals surface area contributed by atoms with E-state index in [1.807, 2.05) is 18.2 Å². The lowest BCUT2D eigenvalue weighted by molar-refractivity contribution is -0.149. The molecule has 2 fully saturated rings. The molecule has 5 heteroatoms. The molecule has 3 atom stereocenters. The van der Waals surface area contributed by atoms with Crippen LogP contribution in [0, 0.1) is 11.3 Å². The topological polar surface area (TPSA) is 69.6 Å². The molecular formula is C18H22N2O3. The van der Waals surface area contributed by atoms with Crippen LogP contribution in [0.25, 0.3) is 0 Å². The Hall–Kier alpha value is -1.88. The summed E-state index contributed by atoms with van der Waals surface area (Å²) in [5, 5.41) is 12.8. The standard InChI is InChI=1S/C18H22N2O3/c21-16-15(8-7-12-4-1-2-6-14(12)19-16)20-10-13-5-3-9-18(13,11-20)17(22)23/h1-2,4,6,13,15H,3,5,7-11H2,(H,19,21)(H,22,23)/t13-,15?,18+/m0/s1. The second-order valence-corrected chi connectivity index (χ2v) is 7.18. The third kappa shape index (κ3) is 2.26. The summed E-state index contributed by atoms with van der Waals surface area (Å²) in [7, 11) is 0. The average Bonchev–Trinajstić information content (AvgIpc) is 3.02. The quantitative estimate of drug-likeness (QED) is 0.877. The van der Waals surface area contributed by atoms with Crippen LogP contribution in [0.1, 0.15) is 31.2 Å². The van der Waals surface area contributed by atoms with Crippen molar-refractivity contribution in [1.29, 1.82) is 0 Å². The second kappa shape index (κ2) is 5.34. The van der Waals surface area contributed by atoms with Gasteiger partial charge in [-0.05, 0) is 43.2 Å². The van der Waals surface area contributed by atoms with E-state index < -0.39 is 11.4 Å². The Bertz CT molecular complexity index is 659. The summed E-state index contributed by atoms with van der Waals surface area (Å²) in [6.45, 7) is 1.25. The van der Waals surface area contributed by atoms with E-state index in [1.165, 1.54) is 0 Å². The smallest absolute Gasteiger partial charge is 0.311 e. The Morgan fingerprint density at radius 1 is 1.30 bits per heavy atom. The number of likely N-dealkylation sites (tertiary alicyclic amines) is 1. The molecule has 0 radical (unpaired) electrons. The van der Waals surface area contributed by atoms with Gasteiger partial charge in [0.25, 0.3) is 0 Å². The third-order valence-corrected chi connectivity index (χ3v) is 6.03. The SMILES string of the molecule is O=C1Nc2ccccc2CCC1N1C[C@@H]2CCC[C@@]2(C(=O)O)C1. The molecule has 1 saturated heterocycles. The van der Waals surface area contributed by atoms with E-state index in [4.69, 9.17) is 0 Å². The summed E-state index contributed by atoms with van der Waals surface area (Å²) in [6.07, 6.45) is 4.31. The molecule has 1 amide bonds. The number of nitrogens with zero attached hydrogens (tertiary/aromatic N) is 1. The molecule has 1 aromatic rings. The fraction of sp³-hybridized carbons (Fsp3) is 0.556.